The number of anilines is 1. The third-order valence-electron chi connectivity index (χ3n) is 8.81. The van der Waals surface area contributed by atoms with Crippen molar-refractivity contribution in [1.82, 2.24) is 35.4 Å². The van der Waals surface area contributed by atoms with E-state index in [0.29, 0.717) is 65.6 Å². The molecule has 2 atom stereocenters. The molecule has 0 saturated carbocycles. The summed E-state index contributed by atoms with van der Waals surface area (Å²) < 4.78 is 31.6. The van der Waals surface area contributed by atoms with Gasteiger partial charge in [-0.3, -0.25) is 9.80 Å². The minimum atomic E-state index is -0.440. The lowest BCUT2D eigenvalue weighted by Gasteiger charge is -2.37. The molecular formula is C33H43ClFN8O3S+. The maximum Gasteiger partial charge on any atom is 0.461 e. The van der Waals surface area contributed by atoms with E-state index in [9.17, 15) is 13.4 Å². The number of hydrogen-bond acceptors (Lipinski definition) is 9. The fourth-order valence-corrected chi connectivity index (χ4v) is 6.74. The number of likely N-dealkylation sites (tertiary alicyclic amines) is 1. The second-order valence-electron chi connectivity index (χ2n) is 12.4. The van der Waals surface area contributed by atoms with Gasteiger partial charge in [0, 0.05) is 79.6 Å². The number of aromatic nitrogens is 3. The number of nitrogens with zero attached hydrogens (tertiary/aromatic N) is 6. The van der Waals surface area contributed by atoms with Gasteiger partial charge in [-0.15, -0.1) is 0 Å². The zero-order valence-electron chi connectivity index (χ0n) is 27.1. The molecule has 2 fully saturated rings. The summed E-state index contributed by atoms with van der Waals surface area (Å²) in [4.78, 5) is 32.4. The van der Waals surface area contributed by atoms with E-state index in [1.807, 2.05) is 19.1 Å². The highest BCUT2D eigenvalue weighted by Gasteiger charge is 2.27. The number of piperazine rings is 1. The number of pyridine rings is 1. The van der Waals surface area contributed by atoms with Crippen LogP contribution in [0.5, 0.6) is 11.6 Å². The summed E-state index contributed by atoms with van der Waals surface area (Å²) >= 11 is 6.86. The summed E-state index contributed by atoms with van der Waals surface area (Å²) in [6.45, 7) is 10.6. The molecule has 2 aromatic heterocycles. The standard InChI is InChI=1S/C33H42ClFN8O3S/c1-22(12-23(2)47-45)42-8-10-43(11-9-42)32-37-19-29(20-38-32)46-31-14-25(13-30(40-31)26-15-27(34)17-28(35)16-26)21-41-6-4-24(5-7-41)18-39-33(44)36-3/h13-17,19-20,22-24H,4-12,18,21H2,1-3H3,(H-,36,39,44)/p+1/t22?,23-/m1/s1. The molecule has 2 aliphatic heterocycles. The number of benzene rings is 1. The summed E-state index contributed by atoms with van der Waals surface area (Å²) in [7, 11) is 1.61. The Labute approximate surface area is 284 Å². The monoisotopic (exact) mass is 685 g/mol. The van der Waals surface area contributed by atoms with E-state index in [2.05, 4.69) is 42.2 Å². The second kappa shape index (κ2) is 16.5. The summed E-state index contributed by atoms with van der Waals surface area (Å²) in [6, 6.07) is 8.39. The van der Waals surface area contributed by atoms with Gasteiger partial charge in [-0.25, -0.2) is 24.1 Å². The molecule has 1 unspecified atom stereocenters. The van der Waals surface area contributed by atoms with Gasteiger partial charge in [-0.1, -0.05) is 11.6 Å². The molecule has 5 rings (SSSR count). The molecule has 14 heteroatoms. The quantitative estimate of drug-likeness (QED) is 0.255. The van der Waals surface area contributed by atoms with Crippen molar-refractivity contribution < 1.29 is 18.1 Å². The Morgan fingerprint density at radius 1 is 1.06 bits per heavy atom. The van der Waals surface area contributed by atoms with E-state index >= 15 is 0 Å². The van der Waals surface area contributed by atoms with Crippen LogP contribution in [0.25, 0.3) is 11.3 Å². The van der Waals surface area contributed by atoms with Crippen LogP contribution in [0.1, 0.15) is 38.7 Å². The highest BCUT2D eigenvalue weighted by Crippen LogP contribution is 2.30. The van der Waals surface area contributed by atoms with Crippen LogP contribution in [0.15, 0.2) is 42.7 Å². The third-order valence-corrected chi connectivity index (χ3v) is 9.55. The Bertz CT molecular complexity index is 1480. The van der Waals surface area contributed by atoms with Crippen molar-refractivity contribution in [1.29, 1.82) is 0 Å². The SMILES string of the molecule is CNC(=O)NCC1CCN(Cc2cc(Oc3cnc(N4CCN(C(C)C[C@@H](C)[S+]=O)CC4)nc3)nc(-c3cc(F)cc(Cl)c3)c2)CC1. The van der Waals surface area contributed by atoms with Crippen LogP contribution in [0.2, 0.25) is 5.02 Å². The van der Waals surface area contributed by atoms with Crippen LogP contribution in [0, 0.1) is 11.7 Å². The van der Waals surface area contributed by atoms with Crippen molar-refractivity contribution >= 4 is 35.2 Å². The van der Waals surface area contributed by atoms with Crippen molar-refractivity contribution in [2.75, 3.05) is 57.8 Å². The maximum atomic E-state index is 14.3. The van der Waals surface area contributed by atoms with E-state index in [1.165, 1.54) is 12.1 Å². The van der Waals surface area contributed by atoms with Gasteiger partial charge in [0.05, 0.1) is 18.1 Å². The average Bonchev–Trinajstić information content (AvgIpc) is 3.07. The predicted molar refractivity (Wildman–Crippen MR) is 183 cm³/mol. The first-order valence-electron chi connectivity index (χ1n) is 16.1. The van der Waals surface area contributed by atoms with Crippen LogP contribution < -0.4 is 20.3 Å². The highest BCUT2D eigenvalue weighted by atomic mass is 35.5. The zero-order valence-corrected chi connectivity index (χ0v) is 28.7. The Hall–Kier alpha value is -3.52. The van der Waals surface area contributed by atoms with E-state index in [1.54, 1.807) is 25.5 Å². The molecule has 0 spiro atoms. The number of carbonyl (C=O) groups excluding carboxylic acids is 1. The molecule has 0 aliphatic carbocycles. The molecule has 2 amide bonds. The van der Waals surface area contributed by atoms with E-state index in [0.717, 1.165) is 64.1 Å². The van der Waals surface area contributed by atoms with Crippen molar-refractivity contribution in [3.8, 4) is 22.9 Å². The number of hydrogen-bond donors (Lipinski definition) is 2. The molecule has 3 aromatic rings. The number of rotatable bonds is 12. The van der Waals surface area contributed by atoms with Crippen molar-refractivity contribution in [2.24, 2.45) is 5.92 Å². The van der Waals surface area contributed by atoms with Crippen molar-refractivity contribution in [3.63, 3.8) is 0 Å². The van der Waals surface area contributed by atoms with Gasteiger partial charge in [0.15, 0.2) is 5.75 Å². The topological polar surface area (TPSA) is 116 Å². The van der Waals surface area contributed by atoms with E-state index in [4.69, 9.17) is 21.3 Å². The van der Waals surface area contributed by atoms with Gasteiger partial charge in [0.2, 0.25) is 17.1 Å². The van der Waals surface area contributed by atoms with E-state index in [-0.39, 0.29) is 16.3 Å². The number of amides is 2. The fourth-order valence-electron chi connectivity index (χ4n) is 6.16. The Balaban J connectivity index is 1.25. The summed E-state index contributed by atoms with van der Waals surface area (Å²) in [6.07, 6.45) is 6.12. The first-order valence-corrected chi connectivity index (χ1v) is 17.3. The number of nitrogens with one attached hydrogen (secondary N) is 2. The van der Waals surface area contributed by atoms with Gasteiger partial charge >= 0.3 is 17.7 Å². The lowest BCUT2D eigenvalue weighted by atomic mass is 9.96. The van der Waals surface area contributed by atoms with Crippen molar-refractivity contribution in [2.45, 2.75) is 50.9 Å². The number of urea groups is 1. The molecular weight excluding hydrogens is 643 g/mol. The largest absolute Gasteiger partial charge is 0.461 e. The molecule has 1 aromatic carbocycles. The lowest BCUT2D eigenvalue weighted by molar-refractivity contribution is 0.175. The van der Waals surface area contributed by atoms with Crippen LogP contribution in [-0.4, -0.2) is 94.9 Å². The average molecular weight is 686 g/mol. The lowest BCUT2D eigenvalue weighted by Crippen LogP contribution is -2.50. The first kappa shape index (κ1) is 34.8. The molecule has 2 saturated heterocycles. The van der Waals surface area contributed by atoms with Crippen molar-refractivity contribution in [3.05, 3.63) is 59.1 Å². The molecule has 0 radical (unpaired) electrons. The molecule has 4 heterocycles. The fraction of sp³-hybridized carbons (Fsp3) is 0.515. The maximum absolute atomic E-state index is 14.3. The molecule has 252 valence electrons. The number of piperidine rings is 1. The van der Waals surface area contributed by atoms with Crippen LogP contribution in [0.3, 0.4) is 0 Å². The summed E-state index contributed by atoms with van der Waals surface area (Å²) in [5.74, 6) is 1.43. The molecule has 2 aliphatic rings. The summed E-state index contributed by atoms with van der Waals surface area (Å²) in [5.41, 5.74) is 2.08. The first-order chi connectivity index (χ1) is 22.7. The molecule has 11 nitrogen and oxygen atoms in total. The number of halogens is 2. The molecule has 2 N–H and O–H groups in total. The van der Waals surface area contributed by atoms with Gasteiger partial charge in [-0.2, -0.15) is 0 Å². The molecule has 0 bridgehead atoms. The van der Waals surface area contributed by atoms with Crippen LogP contribution >= 0.6 is 11.6 Å². The minimum Gasteiger partial charge on any atom is -0.436 e. The number of ether oxygens (including phenoxy) is 1. The van der Waals surface area contributed by atoms with Gasteiger partial charge in [0.1, 0.15) is 5.82 Å². The van der Waals surface area contributed by atoms with Gasteiger partial charge in [0.25, 0.3) is 0 Å². The third kappa shape index (κ3) is 9.99. The van der Waals surface area contributed by atoms with Crippen LogP contribution in [0.4, 0.5) is 15.1 Å². The normalized spacial score (nSPS) is 17.6. The molecule has 47 heavy (non-hydrogen) atoms. The Kier molecular flexibility index (Phi) is 12.2. The van der Waals surface area contributed by atoms with E-state index < -0.39 is 5.82 Å². The zero-order chi connectivity index (χ0) is 33.3. The Morgan fingerprint density at radius 2 is 1.79 bits per heavy atom. The second-order valence-corrected chi connectivity index (χ2v) is 13.8. The highest BCUT2D eigenvalue weighted by molar-refractivity contribution is 7.66. The Morgan fingerprint density at radius 3 is 2.45 bits per heavy atom. The number of carbonyl (C=O) groups is 1. The minimum absolute atomic E-state index is 0.0967. The van der Waals surface area contributed by atoms with Gasteiger partial charge < -0.3 is 20.3 Å². The predicted octanol–water partition coefficient (Wildman–Crippen LogP) is 4.98. The smallest absolute Gasteiger partial charge is 0.436 e. The van der Waals surface area contributed by atoms with Gasteiger partial charge in [-0.05, 0) is 75.5 Å². The summed E-state index contributed by atoms with van der Waals surface area (Å²) in [5, 5.41) is 5.89. The van der Waals surface area contributed by atoms with Crippen LogP contribution in [-0.2, 0) is 22.4 Å².